The zero-order chi connectivity index (χ0) is 17.3. The molecule has 0 aliphatic rings. The van der Waals surface area contributed by atoms with E-state index in [1.54, 1.807) is 7.11 Å². The number of rotatable bonds is 8. The van der Waals surface area contributed by atoms with Crippen LogP contribution in [0.3, 0.4) is 0 Å². The molecule has 0 aliphatic carbocycles. The van der Waals surface area contributed by atoms with E-state index in [2.05, 4.69) is 38.7 Å². The monoisotopic (exact) mass is 386 g/mol. The number of halogens is 1. The lowest BCUT2D eigenvalue weighted by atomic mass is 10.2. The third kappa shape index (κ3) is 9.58. The number of carbonyl (C=O) groups excluding carboxylic acids is 1. The van der Waals surface area contributed by atoms with Gasteiger partial charge in [0.05, 0.1) is 6.61 Å². The summed E-state index contributed by atoms with van der Waals surface area (Å²) >= 11 is 3.43. The molecule has 0 spiro atoms. The first-order valence-electron chi connectivity index (χ1n) is 7.74. The lowest BCUT2D eigenvalue weighted by molar-refractivity contribution is 0.0523. The van der Waals surface area contributed by atoms with Gasteiger partial charge in [0.1, 0.15) is 5.60 Å². The highest BCUT2D eigenvalue weighted by Crippen LogP contribution is 2.10. The van der Waals surface area contributed by atoms with Crippen molar-refractivity contribution in [3.05, 3.63) is 34.3 Å². The summed E-state index contributed by atoms with van der Waals surface area (Å²) in [4.78, 5) is 11.6. The highest BCUT2D eigenvalue weighted by molar-refractivity contribution is 9.10. The largest absolute Gasteiger partial charge is 0.444 e. The van der Waals surface area contributed by atoms with Crippen LogP contribution in [0.5, 0.6) is 0 Å². The number of hydrogen-bond donors (Lipinski definition) is 2. The molecule has 1 rings (SSSR count). The third-order valence-corrected chi connectivity index (χ3v) is 3.57. The van der Waals surface area contributed by atoms with Crippen LogP contribution in [0.15, 0.2) is 28.7 Å². The molecule has 0 heterocycles. The number of nitrogens with one attached hydrogen (secondary N) is 2. The van der Waals surface area contributed by atoms with Crippen molar-refractivity contribution in [1.82, 2.24) is 10.6 Å². The van der Waals surface area contributed by atoms with Crippen molar-refractivity contribution in [1.29, 1.82) is 0 Å². The van der Waals surface area contributed by atoms with Crippen LogP contribution in [-0.4, -0.2) is 38.0 Å². The van der Waals surface area contributed by atoms with Gasteiger partial charge in [0, 0.05) is 30.7 Å². The van der Waals surface area contributed by atoms with Gasteiger partial charge in [0.25, 0.3) is 0 Å². The molecule has 1 amide bonds. The van der Waals surface area contributed by atoms with Crippen molar-refractivity contribution in [2.75, 3.05) is 20.3 Å². The molecule has 0 aliphatic heterocycles. The van der Waals surface area contributed by atoms with E-state index in [1.165, 1.54) is 5.56 Å². The molecule has 5 nitrogen and oxygen atoms in total. The Kier molecular flexibility index (Phi) is 8.58. The van der Waals surface area contributed by atoms with Crippen molar-refractivity contribution < 1.29 is 14.3 Å². The van der Waals surface area contributed by atoms with Crippen LogP contribution in [0, 0.1) is 0 Å². The number of carbonyl (C=O) groups is 1. The standard InChI is InChI=1S/C17H27BrN2O3/c1-17(2,3)23-16(21)19-10-9-15(12-22-4)20-11-13-5-7-14(18)8-6-13/h5-8,15,20H,9-12H2,1-4H3,(H,19,21)/t15-/m1/s1. The average molecular weight is 387 g/mol. The number of alkyl carbamates (subject to hydrolysis) is 1. The Morgan fingerprint density at radius 2 is 1.91 bits per heavy atom. The van der Waals surface area contributed by atoms with E-state index < -0.39 is 5.60 Å². The molecule has 0 unspecified atom stereocenters. The molecule has 2 N–H and O–H groups in total. The van der Waals surface area contributed by atoms with Gasteiger partial charge >= 0.3 is 6.09 Å². The number of methoxy groups -OCH3 is 1. The Morgan fingerprint density at radius 1 is 1.26 bits per heavy atom. The molecule has 6 heteroatoms. The summed E-state index contributed by atoms with van der Waals surface area (Å²) < 4.78 is 11.5. The summed E-state index contributed by atoms with van der Waals surface area (Å²) in [5, 5.41) is 6.22. The van der Waals surface area contributed by atoms with E-state index in [-0.39, 0.29) is 12.1 Å². The van der Waals surface area contributed by atoms with Gasteiger partial charge in [-0.3, -0.25) is 0 Å². The molecule has 0 fully saturated rings. The van der Waals surface area contributed by atoms with E-state index in [0.717, 1.165) is 17.4 Å². The Labute approximate surface area is 147 Å². The zero-order valence-corrected chi connectivity index (χ0v) is 15.9. The van der Waals surface area contributed by atoms with Gasteiger partial charge in [-0.1, -0.05) is 28.1 Å². The molecule has 23 heavy (non-hydrogen) atoms. The maximum atomic E-state index is 11.6. The topological polar surface area (TPSA) is 59.6 Å². The Morgan fingerprint density at radius 3 is 2.48 bits per heavy atom. The normalized spacial score (nSPS) is 12.7. The minimum atomic E-state index is -0.476. The molecule has 0 radical (unpaired) electrons. The first kappa shape index (κ1) is 19.9. The SMILES string of the molecule is COC[C@@H](CCNC(=O)OC(C)(C)C)NCc1ccc(Br)cc1. The number of benzene rings is 1. The van der Waals surface area contributed by atoms with E-state index in [1.807, 2.05) is 32.9 Å². The average Bonchev–Trinajstić information content (AvgIpc) is 2.44. The number of ether oxygens (including phenoxy) is 2. The summed E-state index contributed by atoms with van der Waals surface area (Å²) in [6.45, 7) is 7.43. The fraction of sp³-hybridized carbons (Fsp3) is 0.588. The third-order valence-electron chi connectivity index (χ3n) is 3.04. The molecule has 1 aromatic rings. The van der Waals surface area contributed by atoms with Crippen molar-refractivity contribution >= 4 is 22.0 Å². The first-order valence-corrected chi connectivity index (χ1v) is 8.53. The maximum absolute atomic E-state index is 11.6. The quantitative estimate of drug-likeness (QED) is 0.717. The Bertz CT molecular complexity index is 472. The van der Waals surface area contributed by atoms with E-state index in [4.69, 9.17) is 9.47 Å². The first-order chi connectivity index (χ1) is 10.8. The van der Waals surface area contributed by atoms with Gasteiger partial charge in [-0.2, -0.15) is 0 Å². The highest BCUT2D eigenvalue weighted by atomic mass is 79.9. The molecule has 0 aromatic heterocycles. The van der Waals surface area contributed by atoms with Crippen molar-refractivity contribution in [3.63, 3.8) is 0 Å². The van der Waals surface area contributed by atoms with Crippen LogP contribution in [0.25, 0.3) is 0 Å². The summed E-state index contributed by atoms with van der Waals surface area (Å²) in [7, 11) is 1.68. The van der Waals surface area contributed by atoms with Crippen LogP contribution < -0.4 is 10.6 Å². The minimum absolute atomic E-state index is 0.165. The van der Waals surface area contributed by atoms with Gasteiger partial charge in [-0.25, -0.2) is 4.79 Å². The van der Waals surface area contributed by atoms with Crippen LogP contribution in [0.2, 0.25) is 0 Å². The van der Waals surface area contributed by atoms with Crippen LogP contribution in [-0.2, 0) is 16.0 Å². The second kappa shape index (κ2) is 9.90. The zero-order valence-electron chi connectivity index (χ0n) is 14.3. The fourth-order valence-electron chi connectivity index (χ4n) is 1.97. The van der Waals surface area contributed by atoms with E-state index >= 15 is 0 Å². The van der Waals surface area contributed by atoms with E-state index in [9.17, 15) is 4.79 Å². The smallest absolute Gasteiger partial charge is 0.407 e. The number of hydrogen-bond acceptors (Lipinski definition) is 4. The Hall–Kier alpha value is -1.11. The molecule has 0 saturated heterocycles. The van der Waals surface area contributed by atoms with Gasteiger partial charge in [0.2, 0.25) is 0 Å². The summed E-state index contributed by atoms with van der Waals surface area (Å²) in [5.74, 6) is 0. The Balaban J connectivity index is 2.34. The molecule has 0 saturated carbocycles. The lowest BCUT2D eigenvalue weighted by Crippen LogP contribution is -2.38. The van der Waals surface area contributed by atoms with Crippen LogP contribution >= 0.6 is 15.9 Å². The predicted octanol–water partition coefficient (Wildman–Crippen LogP) is 3.47. The van der Waals surface area contributed by atoms with Crippen LogP contribution in [0.4, 0.5) is 4.79 Å². The van der Waals surface area contributed by atoms with Gasteiger partial charge in [0.15, 0.2) is 0 Å². The van der Waals surface area contributed by atoms with Gasteiger partial charge in [-0.15, -0.1) is 0 Å². The molecular weight excluding hydrogens is 360 g/mol. The summed E-state index contributed by atoms with van der Waals surface area (Å²) in [5.41, 5.74) is 0.727. The lowest BCUT2D eigenvalue weighted by Gasteiger charge is -2.21. The van der Waals surface area contributed by atoms with E-state index in [0.29, 0.717) is 13.2 Å². The van der Waals surface area contributed by atoms with Crippen molar-refractivity contribution in [2.24, 2.45) is 0 Å². The van der Waals surface area contributed by atoms with Gasteiger partial charge < -0.3 is 20.1 Å². The second-order valence-corrected chi connectivity index (χ2v) is 7.29. The molecule has 0 bridgehead atoms. The number of amides is 1. The molecule has 1 aromatic carbocycles. The molecule has 130 valence electrons. The minimum Gasteiger partial charge on any atom is -0.444 e. The highest BCUT2D eigenvalue weighted by Gasteiger charge is 2.16. The van der Waals surface area contributed by atoms with Crippen LogP contribution in [0.1, 0.15) is 32.8 Å². The summed E-state index contributed by atoms with van der Waals surface area (Å²) in [6.07, 6.45) is 0.380. The fourth-order valence-corrected chi connectivity index (χ4v) is 2.24. The second-order valence-electron chi connectivity index (χ2n) is 6.38. The molecular formula is C17H27BrN2O3. The van der Waals surface area contributed by atoms with Crippen molar-refractivity contribution in [3.8, 4) is 0 Å². The predicted molar refractivity (Wildman–Crippen MR) is 95.5 cm³/mol. The van der Waals surface area contributed by atoms with Gasteiger partial charge in [-0.05, 0) is 44.9 Å². The maximum Gasteiger partial charge on any atom is 0.407 e. The summed E-state index contributed by atoms with van der Waals surface area (Å²) in [6, 6.07) is 8.34. The van der Waals surface area contributed by atoms with Crippen molar-refractivity contribution in [2.45, 2.75) is 45.4 Å². The molecule has 1 atom stereocenters.